The number of rotatable bonds is 6. The van der Waals surface area contributed by atoms with Gasteiger partial charge in [0.15, 0.2) is 0 Å². The fraction of sp³-hybridized carbons (Fsp3) is 0.0667. The number of amides is 1. The van der Waals surface area contributed by atoms with E-state index in [-0.39, 0.29) is 23.4 Å². The van der Waals surface area contributed by atoms with Crippen LogP contribution in [-0.2, 0) is 11.0 Å². The van der Waals surface area contributed by atoms with E-state index >= 15 is 0 Å². The molecule has 1 amide bonds. The van der Waals surface area contributed by atoms with Crippen molar-refractivity contribution in [2.24, 2.45) is 0 Å². The maximum Gasteiger partial charge on any atom is 0.418 e. The van der Waals surface area contributed by atoms with Crippen LogP contribution < -0.4 is 4.90 Å². The van der Waals surface area contributed by atoms with Gasteiger partial charge in [0.25, 0.3) is 11.4 Å². The first kappa shape index (κ1) is 21.7. The van der Waals surface area contributed by atoms with Crippen molar-refractivity contribution < 1.29 is 32.7 Å². The van der Waals surface area contributed by atoms with Gasteiger partial charge in [0.05, 0.1) is 37.7 Å². The molecule has 0 aliphatic carbocycles. The van der Waals surface area contributed by atoms with E-state index in [4.69, 9.17) is 0 Å². The van der Waals surface area contributed by atoms with Gasteiger partial charge < -0.3 is 0 Å². The number of carbonyl (C=O) groups is 1. The topological polar surface area (TPSA) is 174 Å². The van der Waals surface area contributed by atoms with Crippen LogP contribution in [0, 0.1) is 41.7 Å². The molecule has 0 heterocycles. The van der Waals surface area contributed by atoms with Crippen molar-refractivity contribution in [2.75, 3.05) is 4.90 Å². The number of halogens is 3. The summed E-state index contributed by atoms with van der Waals surface area (Å²) in [6.07, 6.45) is -5.66. The van der Waals surface area contributed by atoms with Gasteiger partial charge in [0.1, 0.15) is 11.8 Å². The molecule has 2 aromatic carbocycles. The molecule has 15 heteroatoms. The summed E-state index contributed by atoms with van der Waals surface area (Å²) in [6, 6.07) is 3.82. The Hall–Kier alpha value is -4.61. The minimum absolute atomic E-state index is 0.00370. The first-order valence-electron chi connectivity index (χ1n) is 7.39. The van der Waals surface area contributed by atoms with E-state index in [0.717, 1.165) is 12.1 Å². The fourth-order valence-electron chi connectivity index (χ4n) is 2.49. The van der Waals surface area contributed by atoms with Crippen molar-refractivity contribution >= 4 is 34.8 Å². The third-order valence-corrected chi connectivity index (χ3v) is 3.70. The monoisotopic (exact) mass is 425 g/mol. The Morgan fingerprint density at radius 1 is 0.967 bits per heavy atom. The van der Waals surface area contributed by atoms with Gasteiger partial charge in [-0.05, 0) is 6.07 Å². The zero-order chi connectivity index (χ0) is 22.8. The summed E-state index contributed by atoms with van der Waals surface area (Å²) >= 11 is 0. The van der Waals surface area contributed by atoms with Crippen molar-refractivity contribution in [3.8, 4) is 6.07 Å². The van der Waals surface area contributed by atoms with Crippen molar-refractivity contribution in [3.63, 3.8) is 0 Å². The summed E-state index contributed by atoms with van der Waals surface area (Å²) in [5.74, 6) is 0. The molecule has 2 aromatic rings. The largest absolute Gasteiger partial charge is 0.418 e. The Morgan fingerprint density at radius 3 is 2.00 bits per heavy atom. The van der Waals surface area contributed by atoms with Gasteiger partial charge in [-0.25, -0.2) is 0 Å². The second-order valence-electron chi connectivity index (χ2n) is 5.42. The minimum atomic E-state index is -5.37. The molecule has 2 rings (SSSR count). The molecular formula is C15H6F3N5O7. The maximum absolute atomic E-state index is 13.6. The Labute approximate surface area is 162 Å². The zero-order valence-electron chi connectivity index (χ0n) is 14.2. The number of nitro groups is 3. The quantitative estimate of drug-likeness (QED) is 0.383. The van der Waals surface area contributed by atoms with Crippen LogP contribution >= 0.6 is 0 Å². The molecule has 0 atom stereocenters. The molecular weight excluding hydrogens is 419 g/mol. The molecule has 0 aromatic heterocycles. The van der Waals surface area contributed by atoms with Crippen LogP contribution in [0.1, 0.15) is 11.1 Å². The number of alkyl halides is 3. The predicted octanol–water partition coefficient (Wildman–Crippen LogP) is 3.60. The Bertz CT molecular complexity index is 1130. The van der Waals surface area contributed by atoms with E-state index in [1.807, 2.05) is 0 Å². The highest BCUT2D eigenvalue weighted by atomic mass is 19.4. The second kappa shape index (κ2) is 7.79. The SMILES string of the molecule is N#Cc1cc([N+](=O)[O-])ccc1N(C=O)c1c([N+](=O)[O-])cc([N+](=O)[O-])cc1C(F)(F)F. The molecule has 0 spiro atoms. The molecule has 0 saturated carbocycles. The molecule has 154 valence electrons. The van der Waals surface area contributed by atoms with Crippen LogP contribution in [0.4, 0.5) is 41.6 Å². The number of carbonyl (C=O) groups excluding carboxylic acids is 1. The lowest BCUT2D eigenvalue weighted by molar-refractivity contribution is -0.394. The average molecular weight is 425 g/mol. The number of nitro benzene ring substituents is 3. The maximum atomic E-state index is 13.6. The standard InChI is InChI=1S/C15H6F3N5O7/c16-15(17,18)11-4-10(22(27)28)5-13(23(29)30)14(11)20(7-24)12-2-1-9(21(25)26)3-8(12)6-19/h1-5,7H. The van der Waals surface area contributed by atoms with Crippen LogP contribution in [0.25, 0.3) is 0 Å². The van der Waals surface area contributed by atoms with Crippen molar-refractivity contribution in [3.05, 3.63) is 71.8 Å². The molecule has 12 nitrogen and oxygen atoms in total. The molecule has 0 aliphatic heterocycles. The minimum Gasteiger partial charge on any atom is -0.278 e. The van der Waals surface area contributed by atoms with Crippen molar-refractivity contribution in [1.82, 2.24) is 0 Å². The summed E-state index contributed by atoms with van der Waals surface area (Å²) in [7, 11) is 0. The Morgan fingerprint density at radius 2 is 1.57 bits per heavy atom. The Balaban J connectivity index is 2.94. The van der Waals surface area contributed by atoms with Gasteiger partial charge in [0, 0.05) is 18.2 Å². The van der Waals surface area contributed by atoms with E-state index in [1.54, 1.807) is 0 Å². The summed E-state index contributed by atoms with van der Waals surface area (Å²) in [5.41, 5.74) is -7.89. The van der Waals surface area contributed by atoms with Crippen LogP contribution in [0.5, 0.6) is 0 Å². The van der Waals surface area contributed by atoms with E-state index in [2.05, 4.69) is 0 Å². The van der Waals surface area contributed by atoms with E-state index in [9.17, 15) is 53.6 Å². The summed E-state index contributed by atoms with van der Waals surface area (Å²) < 4.78 is 40.7. The van der Waals surface area contributed by atoms with Crippen molar-refractivity contribution in [1.29, 1.82) is 5.26 Å². The first-order valence-corrected chi connectivity index (χ1v) is 7.39. The highest BCUT2D eigenvalue weighted by Gasteiger charge is 2.42. The normalized spacial score (nSPS) is 10.7. The number of nitrogens with zero attached hydrogens (tertiary/aromatic N) is 5. The predicted molar refractivity (Wildman–Crippen MR) is 90.8 cm³/mol. The summed E-state index contributed by atoms with van der Waals surface area (Å²) in [6.45, 7) is 0. The van der Waals surface area contributed by atoms with E-state index in [0.29, 0.717) is 6.07 Å². The number of hydrogen-bond acceptors (Lipinski definition) is 8. The lowest BCUT2D eigenvalue weighted by Crippen LogP contribution is -2.22. The van der Waals surface area contributed by atoms with Gasteiger partial charge >= 0.3 is 11.9 Å². The van der Waals surface area contributed by atoms with E-state index < -0.39 is 60.5 Å². The molecule has 0 N–H and O–H groups in total. The lowest BCUT2D eigenvalue weighted by atomic mass is 10.1. The zero-order valence-corrected chi connectivity index (χ0v) is 14.2. The van der Waals surface area contributed by atoms with Crippen LogP contribution in [0.3, 0.4) is 0 Å². The third kappa shape index (κ3) is 3.96. The Kier molecular flexibility index (Phi) is 5.63. The van der Waals surface area contributed by atoms with Gasteiger partial charge in [-0.15, -0.1) is 0 Å². The van der Waals surface area contributed by atoms with Crippen LogP contribution in [0.2, 0.25) is 0 Å². The number of hydrogen-bond donors (Lipinski definition) is 0. The number of nitriles is 1. The van der Waals surface area contributed by atoms with Crippen LogP contribution in [-0.4, -0.2) is 21.2 Å². The number of anilines is 2. The smallest absolute Gasteiger partial charge is 0.278 e. The first-order chi connectivity index (χ1) is 13.9. The highest BCUT2D eigenvalue weighted by Crippen LogP contribution is 2.46. The van der Waals surface area contributed by atoms with E-state index in [1.165, 1.54) is 6.07 Å². The third-order valence-electron chi connectivity index (χ3n) is 3.70. The summed E-state index contributed by atoms with van der Waals surface area (Å²) in [5, 5.41) is 42.3. The van der Waals surface area contributed by atoms with Crippen LogP contribution in [0.15, 0.2) is 30.3 Å². The number of non-ortho nitro benzene ring substituents is 2. The fourth-order valence-corrected chi connectivity index (χ4v) is 2.49. The molecule has 0 bridgehead atoms. The highest BCUT2D eigenvalue weighted by molar-refractivity contribution is 5.94. The van der Waals surface area contributed by atoms with Gasteiger partial charge in [-0.3, -0.25) is 40.0 Å². The molecule has 0 aliphatic rings. The van der Waals surface area contributed by atoms with Gasteiger partial charge in [-0.2, -0.15) is 18.4 Å². The van der Waals surface area contributed by atoms with Gasteiger partial charge in [0.2, 0.25) is 6.41 Å². The number of benzene rings is 2. The molecule has 30 heavy (non-hydrogen) atoms. The van der Waals surface area contributed by atoms with Crippen molar-refractivity contribution in [2.45, 2.75) is 6.18 Å². The molecule has 0 radical (unpaired) electrons. The van der Waals surface area contributed by atoms with Gasteiger partial charge in [-0.1, -0.05) is 0 Å². The molecule has 0 fully saturated rings. The second-order valence-corrected chi connectivity index (χ2v) is 5.42. The lowest BCUT2D eigenvalue weighted by Gasteiger charge is -2.22. The summed E-state index contributed by atoms with van der Waals surface area (Å²) in [4.78, 5) is 41.2. The molecule has 0 saturated heterocycles. The average Bonchev–Trinajstić information content (AvgIpc) is 2.67. The molecule has 0 unspecified atom stereocenters.